The van der Waals surface area contributed by atoms with E-state index in [1.165, 1.54) is 29.6 Å². The molecule has 10 heteroatoms. The predicted octanol–water partition coefficient (Wildman–Crippen LogP) is 2.10. The second-order valence-corrected chi connectivity index (χ2v) is 9.44. The summed E-state index contributed by atoms with van der Waals surface area (Å²) in [6, 6.07) is 11.3. The number of para-hydroxylation sites is 2. The standard InChI is InChI=1S/C22H25N3O6S/c1-30-20-9-8-16(32(28,29)24-11-13-31-14-12-24)15-17(20)22(27)23-18-5-2-3-6-19(18)25-10-4-7-21(25)26/h2-3,5-6,8-9,15H,4,7,10-14H2,1H3,(H,23,27). The van der Waals surface area contributed by atoms with E-state index in [1.54, 1.807) is 29.2 Å². The van der Waals surface area contributed by atoms with Crippen LogP contribution in [0.3, 0.4) is 0 Å². The number of carbonyl (C=O) groups excluding carboxylic acids is 2. The van der Waals surface area contributed by atoms with Crippen molar-refractivity contribution in [3.05, 3.63) is 48.0 Å². The average molecular weight is 460 g/mol. The van der Waals surface area contributed by atoms with Crippen molar-refractivity contribution in [3.8, 4) is 5.75 Å². The predicted molar refractivity (Wildman–Crippen MR) is 119 cm³/mol. The first-order valence-corrected chi connectivity index (χ1v) is 11.8. The molecule has 2 aliphatic rings. The number of carbonyl (C=O) groups is 2. The lowest BCUT2D eigenvalue weighted by molar-refractivity contribution is -0.117. The smallest absolute Gasteiger partial charge is 0.259 e. The molecule has 0 aromatic heterocycles. The molecule has 2 saturated heterocycles. The number of anilines is 2. The van der Waals surface area contributed by atoms with Crippen LogP contribution in [-0.2, 0) is 19.6 Å². The van der Waals surface area contributed by atoms with E-state index < -0.39 is 15.9 Å². The van der Waals surface area contributed by atoms with Gasteiger partial charge < -0.3 is 19.7 Å². The summed E-state index contributed by atoms with van der Waals surface area (Å²) >= 11 is 0. The largest absolute Gasteiger partial charge is 0.496 e. The van der Waals surface area contributed by atoms with E-state index in [-0.39, 0.29) is 35.2 Å². The first kappa shape index (κ1) is 22.3. The van der Waals surface area contributed by atoms with Gasteiger partial charge in [0.25, 0.3) is 5.91 Å². The second-order valence-electron chi connectivity index (χ2n) is 7.50. The average Bonchev–Trinajstić information content (AvgIpc) is 3.25. The van der Waals surface area contributed by atoms with Crippen LogP contribution in [0.2, 0.25) is 0 Å². The van der Waals surface area contributed by atoms with Crippen LogP contribution in [0.15, 0.2) is 47.4 Å². The highest BCUT2D eigenvalue weighted by molar-refractivity contribution is 7.89. The molecule has 4 rings (SSSR count). The van der Waals surface area contributed by atoms with E-state index in [9.17, 15) is 18.0 Å². The number of amides is 2. The molecular formula is C22H25N3O6S. The van der Waals surface area contributed by atoms with Crippen LogP contribution >= 0.6 is 0 Å². The Morgan fingerprint density at radius 1 is 1.09 bits per heavy atom. The number of sulfonamides is 1. The molecule has 2 aliphatic heterocycles. The van der Waals surface area contributed by atoms with Gasteiger partial charge in [-0.15, -0.1) is 0 Å². The molecule has 0 spiro atoms. The highest BCUT2D eigenvalue weighted by Crippen LogP contribution is 2.31. The number of rotatable bonds is 6. The second kappa shape index (κ2) is 9.27. The summed E-state index contributed by atoms with van der Waals surface area (Å²) in [5.74, 6) is -0.277. The topological polar surface area (TPSA) is 105 Å². The van der Waals surface area contributed by atoms with Crippen LogP contribution in [0, 0.1) is 0 Å². The van der Waals surface area contributed by atoms with Crippen molar-refractivity contribution in [2.45, 2.75) is 17.7 Å². The van der Waals surface area contributed by atoms with E-state index in [1.807, 2.05) is 0 Å². The maximum atomic E-state index is 13.2. The normalized spacial score (nSPS) is 17.4. The summed E-state index contributed by atoms with van der Waals surface area (Å²) in [4.78, 5) is 27.0. The molecule has 170 valence electrons. The maximum absolute atomic E-state index is 13.2. The minimum absolute atomic E-state index is 0.00267. The molecule has 2 aromatic carbocycles. The Bertz CT molecular complexity index is 1130. The maximum Gasteiger partial charge on any atom is 0.259 e. The van der Waals surface area contributed by atoms with Crippen LogP contribution in [0.4, 0.5) is 11.4 Å². The lowest BCUT2D eigenvalue weighted by atomic mass is 10.1. The van der Waals surface area contributed by atoms with E-state index >= 15 is 0 Å². The minimum atomic E-state index is -3.78. The number of benzene rings is 2. The number of hydrogen-bond donors (Lipinski definition) is 1. The van der Waals surface area contributed by atoms with Gasteiger partial charge in [0, 0.05) is 26.1 Å². The third kappa shape index (κ3) is 4.34. The van der Waals surface area contributed by atoms with Gasteiger partial charge in [0.2, 0.25) is 15.9 Å². The van der Waals surface area contributed by atoms with Gasteiger partial charge >= 0.3 is 0 Å². The summed E-state index contributed by atoms with van der Waals surface area (Å²) in [7, 11) is -2.36. The molecule has 0 unspecified atom stereocenters. The number of methoxy groups -OCH3 is 1. The SMILES string of the molecule is COc1ccc(S(=O)(=O)N2CCOCC2)cc1C(=O)Nc1ccccc1N1CCCC1=O. The highest BCUT2D eigenvalue weighted by atomic mass is 32.2. The number of nitrogens with one attached hydrogen (secondary N) is 1. The molecule has 2 aromatic rings. The Labute approximate surface area is 187 Å². The van der Waals surface area contributed by atoms with Gasteiger partial charge in [-0.2, -0.15) is 4.31 Å². The van der Waals surface area contributed by atoms with Crippen LogP contribution in [0.1, 0.15) is 23.2 Å². The number of morpholine rings is 1. The van der Waals surface area contributed by atoms with Gasteiger partial charge in [-0.25, -0.2) is 8.42 Å². The molecule has 0 saturated carbocycles. The Morgan fingerprint density at radius 2 is 1.84 bits per heavy atom. The molecule has 2 amide bonds. The number of ether oxygens (including phenoxy) is 2. The molecular weight excluding hydrogens is 434 g/mol. The van der Waals surface area contributed by atoms with Crippen molar-refractivity contribution in [2.24, 2.45) is 0 Å². The molecule has 0 radical (unpaired) electrons. The third-order valence-corrected chi connectivity index (χ3v) is 7.43. The number of nitrogens with zero attached hydrogens (tertiary/aromatic N) is 2. The first-order chi connectivity index (χ1) is 15.4. The van der Waals surface area contributed by atoms with Crippen molar-refractivity contribution in [1.29, 1.82) is 0 Å². The Morgan fingerprint density at radius 3 is 2.53 bits per heavy atom. The fourth-order valence-electron chi connectivity index (χ4n) is 3.87. The van der Waals surface area contributed by atoms with Gasteiger partial charge in [0.1, 0.15) is 5.75 Å². The van der Waals surface area contributed by atoms with Gasteiger partial charge in [0.05, 0.1) is 42.2 Å². The zero-order chi connectivity index (χ0) is 22.7. The Kier molecular flexibility index (Phi) is 6.45. The summed E-state index contributed by atoms with van der Waals surface area (Å²) in [6.45, 7) is 1.76. The van der Waals surface area contributed by atoms with Crippen LogP contribution in [0.5, 0.6) is 5.75 Å². The lowest BCUT2D eigenvalue weighted by Crippen LogP contribution is -2.40. The van der Waals surface area contributed by atoms with E-state index in [0.29, 0.717) is 37.6 Å². The highest BCUT2D eigenvalue weighted by Gasteiger charge is 2.29. The van der Waals surface area contributed by atoms with Gasteiger partial charge in [-0.1, -0.05) is 12.1 Å². The fourth-order valence-corrected chi connectivity index (χ4v) is 5.30. The molecule has 0 bridgehead atoms. The van der Waals surface area contributed by atoms with Crippen LogP contribution in [-0.4, -0.2) is 64.5 Å². The van der Waals surface area contributed by atoms with Crippen molar-refractivity contribution in [1.82, 2.24) is 4.31 Å². The first-order valence-electron chi connectivity index (χ1n) is 10.4. The van der Waals surface area contributed by atoms with E-state index in [4.69, 9.17) is 9.47 Å². The molecule has 32 heavy (non-hydrogen) atoms. The quantitative estimate of drug-likeness (QED) is 0.709. The van der Waals surface area contributed by atoms with E-state index in [0.717, 1.165) is 6.42 Å². The lowest BCUT2D eigenvalue weighted by Gasteiger charge is -2.26. The molecule has 0 atom stereocenters. The molecule has 9 nitrogen and oxygen atoms in total. The third-order valence-electron chi connectivity index (χ3n) is 5.54. The zero-order valence-electron chi connectivity index (χ0n) is 17.7. The van der Waals surface area contributed by atoms with Crippen molar-refractivity contribution >= 4 is 33.2 Å². The van der Waals surface area contributed by atoms with Crippen molar-refractivity contribution < 1.29 is 27.5 Å². The van der Waals surface area contributed by atoms with Gasteiger partial charge in [0.15, 0.2) is 0 Å². The zero-order valence-corrected chi connectivity index (χ0v) is 18.6. The molecule has 1 N–H and O–H groups in total. The molecule has 2 heterocycles. The van der Waals surface area contributed by atoms with Gasteiger partial charge in [-0.05, 0) is 36.8 Å². The summed E-state index contributed by atoms with van der Waals surface area (Å²) < 4.78 is 38.0. The van der Waals surface area contributed by atoms with E-state index in [2.05, 4.69) is 5.32 Å². The van der Waals surface area contributed by atoms with Crippen LogP contribution < -0.4 is 15.0 Å². The Hall–Kier alpha value is -2.95. The Balaban J connectivity index is 1.64. The summed E-state index contributed by atoms with van der Waals surface area (Å²) in [5, 5.41) is 2.82. The van der Waals surface area contributed by atoms with Gasteiger partial charge in [-0.3, -0.25) is 9.59 Å². The fraction of sp³-hybridized carbons (Fsp3) is 0.364. The van der Waals surface area contributed by atoms with Crippen molar-refractivity contribution in [2.75, 3.05) is 50.2 Å². The molecule has 0 aliphatic carbocycles. The molecule has 2 fully saturated rings. The van der Waals surface area contributed by atoms with Crippen molar-refractivity contribution in [3.63, 3.8) is 0 Å². The monoisotopic (exact) mass is 459 g/mol. The summed E-state index contributed by atoms with van der Waals surface area (Å²) in [5.41, 5.74) is 1.17. The minimum Gasteiger partial charge on any atom is -0.496 e. The summed E-state index contributed by atoms with van der Waals surface area (Å²) in [6.07, 6.45) is 1.23. The van der Waals surface area contributed by atoms with Crippen LogP contribution in [0.25, 0.3) is 0 Å². The number of hydrogen-bond acceptors (Lipinski definition) is 6.